The number of phenols is 1. The maximum atomic E-state index is 10.6. The van der Waals surface area contributed by atoms with Crippen LogP contribution in [0.15, 0.2) is 18.2 Å². The van der Waals surface area contributed by atoms with E-state index < -0.39 is 11.0 Å². The lowest BCUT2D eigenvalue weighted by atomic mass is 10.1. The van der Waals surface area contributed by atoms with Crippen molar-refractivity contribution in [1.29, 1.82) is 0 Å². The van der Waals surface area contributed by atoms with Gasteiger partial charge in [-0.25, -0.2) is 0 Å². The van der Waals surface area contributed by atoms with Crippen LogP contribution in [0, 0.1) is 10.1 Å². The first-order valence-corrected chi connectivity index (χ1v) is 3.99. The van der Waals surface area contributed by atoms with Gasteiger partial charge < -0.3 is 16.6 Å². The smallest absolute Gasteiger partial charge is 0.274 e. The van der Waals surface area contributed by atoms with Gasteiger partial charge in [0.15, 0.2) is 0 Å². The summed E-state index contributed by atoms with van der Waals surface area (Å²) in [5.74, 6) is -0.0606. The Kier molecular flexibility index (Phi) is 3.00. The van der Waals surface area contributed by atoms with Crippen molar-refractivity contribution in [2.24, 2.45) is 11.5 Å². The molecule has 0 saturated carbocycles. The van der Waals surface area contributed by atoms with E-state index in [0.717, 1.165) is 0 Å². The Morgan fingerprint density at radius 2 is 2.21 bits per heavy atom. The molecule has 14 heavy (non-hydrogen) atoms. The van der Waals surface area contributed by atoms with Crippen molar-refractivity contribution in [3.8, 4) is 5.75 Å². The van der Waals surface area contributed by atoms with Crippen molar-refractivity contribution in [3.05, 3.63) is 33.9 Å². The van der Waals surface area contributed by atoms with Crippen LogP contribution in [0.2, 0.25) is 0 Å². The van der Waals surface area contributed by atoms with Gasteiger partial charge in [-0.05, 0) is 12.1 Å². The van der Waals surface area contributed by atoms with Gasteiger partial charge in [-0.15, -0.1) is 0 Å². The molecule has 0 unspecified atom stereocenters. The van der Waals surface area contributed by atoms with Crippen molar-refractivity contribution in [3.63, 3.8) is 0 Å². The van der Waals surface area contributed by atoms with Gasteiger partial charge >= 0.3 is 0 Å². The highest BCUT2D eigenvalue weighted by atomic mass is 16.6. The fourth-order valence-electron chi connectivity index (χ4n) is 1.13. The largest absolute Gasteiger partial charge is 0.508 e. The second kappa shape index (κ2) is 4.03. The normalized spacial score (nSPS) is 12.4. The van der Waals surface area contributed by atoms with E-state index in [2.05, 4.69) is 0 Å². The number of nitrogens with two attached hydrogens (primary N) is 2. The van der Waals surface area contributed by atoms with Crippen LogP contribution in [0.3, 0.4) is 0 Å². The van der Waals surface area contributed by atoms with E-state index in [1.165, 1.54) is 18.2 Å². The van der Waals surface area contributed by atoms with E-state index in [0.29, 0.717) is 0 Å². The van der Waals surface area contributed by atoms with Crippen molar-refractivity contribution in [2.45, 2.75) is 6.04 Å². The quantitative estimate of drug-likeness (QED) is 0.474. The van der Waals surface area contributed by atoms with E-state index in [-0.39, 0.29) is 23.5 Å². The fourth-order valence-corrected chi connectivity index (χ4v) is 1.13. The van der Waals surface area contributed by atoms with Crippen LogP contribution in [-0.2, 0) is 0 Å². The molecule has 0 saturated heterocycles. The van der Waals surface area contributed by atoms with Crippen molar-refractivity contribution >= 4 is 5.69 Å². The summed E-state index contributed by atoms with van der Waals surface area (Å²) in [4.78, 5) is 10.0. The van der Waals surface area contributed by atoms with Gasteiger partial charge in [-0.2, -0.15) is 0 Å². The summed E-state index contributed by atoms with van der Waals surface area (Å²) in [7, 11) is 0. The number of rotatable bonds is 3. The third-order valence-electron chi connectivity index (χ3n) is 1.86. The van der Waals surface area contributed by atoms with Crippen LogP contribution in [0.4, 0.5) is 5.69 Å². The molecule has 5 N–H and O–H groups in total. The van der Waals surface area contributed by atoms with Gasteiger partial charge in [0.25, 0.3) is 5.69 Å². The Morgan fingerprint density at radius 1 is 1.57 bits per heavy atom. The molecule has 0 aliphatic carbocycles. The molecule has 0 aliphatic rings. The lowest BCUT2D eigenvalue weighted by Gasteiger charge is -2.09. The van der Waals surface area contributed by atoms with E-state index in [9.17, 15) is 10.1 Å². The van der Waals surface area contributed by atoms with Crippen molar-refractivity contribution in [2.75, 3.05) is 6.54 Å². The predicted octanol–water partition coefficient (Wildman–Crippen LogP) is 0.259. The monoisotopic (exact) mass is 197 g/mol. The highest BCUT2D eigenvalue weighted by molar-refractivity contribution is 5.46. The first-order valence-electron chi connectivity index (χ1n) is 3.99. The lowest BCUT2D eigenvalue weighted by Crippen LogP contribution is -2.21. The maximum absolute atomic E-state index is 10.6. The molecule has 0 aromatic heterocycles. The molecular weight excluding hydrogens is 186 g/mol. The molecule has 0 aliphatic heterocycles. The predicted molar refractivity (Wildman–Crippen MR) is 50.7 cm³/mol. The Labute approximate surface area is 80.3 Å². The van der Waals surface area contributed by atoms with Gasteiger partial charge in [-0.1, -0.05) is 0 Å². The van der Waals surface area contributed by atoms with Crippen LogP contribution in [0.5, 0.6) is 5.75 Å². The number of hydrogen-bond donors (Lipinski definition) is 3. The summed E-state index contributed by atoms with van der Waals surface area (Å²) in [5, 5.41) is 19.7. The number of nitrogens with zero attached hydrogens (tertiary/aromatic N) is 1. The van der Waals surface area contributed by atoms with Crippen molar-refractivity contribution in [1.82, 2.24) is 0 Å². The van der Waals surface area contributed by atoms with Crippen LogP contribution >= 0.6 is 0 Å². The molecule has 1 aromatic rings. The zero-order chi connectivity index (χ0) is 10.7. The molecule has 6 heteroatoms. The van der Waals surface area contributed by atoms with Crippen LogP contribution in [-0.4, -0.2) is 16.6 Å². The zero-order valence-corrected chi connectivity index (χ0v) is 7.38. The summed E-state index contributed by atoms with van der Waals surface area (Å²) in [6, 6.07) is 3.07. The van der Waals surface area contributed by atoms with E-state index in [1.807, 2.05) is 0 Å². The molecule has 1 rings (SSSR count). The summed E-state index contributed by atoms with van der Waals surface area (Å²) >= 11 is 0. The maximum Gasteiger partial charge on any atom is 0.274 e. The highest BCUT2D eigenvalue weighted by Gasteiger charge is 2.18. The number of phenolic OH excluding ortho intramolecular Hbond substituents is 1. The fraction of sp³-hybridized carbons (Fsp3) is 0.250. The minimum absolute atomic E-state index is 0.0606. The molecule has 0 amide bonds. The molecule has 0 radical (unpaired) electrons. The summed E-state index contributed by atoms with van der Waals surface area (Å²) in [5.41, 5.74) is 11.0. The number of aromatic hydroxyl groups is 1. The van der Waals surface area contributed by atoms with Gasteiger partial charge in [0.2, 0.25) is 0 Å². The third-order valence-corrected chi connectivity index (χ3v) is 1.86. The molecule has 1 aromatic carbocycles. The van der Waals surface area contributed by atoms with Gasteiger partial charge in [0.05, 0.1) is 10.5 Å². The molecule has 0 heterocycles. The third kappa shape index (κ3) is 1.98. The topological polar surface area (TPSA) is 115 Å². The van der Waals surface area contributed by atoms with E-state index in [4.69, 9.17) is 16.6 Å². The molecular formula is C8H11N3O3. The number of nitro groups is 1. The molecule has 0 spiro atoms. The van der Waals surface area contributed by atoms with Gasteiger partial charge in [0, 0.05) is 18.7 Å². The second-order valence-electron chi connectivity index (χ2n) is 2.84. The number of nitro benzene ring substituents is 1. The first-order chi connectivity index (χ1) is 6.56. The summed E-state index contributed by atoms with van der Waals surface area (Å²) < 4.78 is 0. The SMILES string of the molecule is NC[C@H](N)c1cc(O)ccc1[N+](=O)[O-]. The molecule has 0 fully saturated rings. The second-order valence-corrected chi connectivity index (χ2v) is 2.84. The van der Waals surface area contributed by atoms with Crippen LogP contribution in [0.25, 0.3) is 0 Å². The highest BCUT2D eigenvalue weighted by Crippen LogP contribution is 2.26. The zero-order valence-electron chi connectivity index (χ0n) is 7.38. The Balaban J connectivity index is 3.22. The molecule has 6 nitrogen and oxygen atoms in total. The van der Waals surface area contributed by atoms with E-state index >= 15 is 0 Å². The molecule has 0 bridgehead atoms. The average Bonchev–Trinajstić information content (AvgIpc) is 2.16. The molecule has 1 atom stereocenters. The summed E-state index contributed by atoms with van der Waals surface area (Å²) in [6.07, 6.45) is 0. The minimum atomic E-state index is -0.637. The van der Waals surface area contributed by atoms with Crippen molar-refractivity contribution < 1.29 is 10.0 Å². The van der Waals surface area contributed by atoms with Gasteiger partial charge in [0.1, 0.15) is 5.75 Å². The van der Waals surface area contributed by atoms with E-state index in [1.54, 1.807) is 0 Å². The molecule has 76 valence electrons. The Morgan fingerprint density at radius 3 is 2.71 bits per heavy atom. The Hall–Kier alpha value is -1.66. The standard InChI is InChI=1S/C8H11N3O3/c9-4-7(10)6-3-5(12)1-2-8(6)11(13)14/h1-3,7,12H,4,9-10H2/t7-/m0/s1. The summed E-state index contributed by atoms with van der Waals surface area (Å²) in [6.45, 7) is 0.0876. The van der Waals surface area contributed by atoms with Crippen LogP contribution in [0.1, 0.15) is 11.6 Å². The lowest BCUT2D eigenvalue weighted by molar-refractivity contribution is -0.385. The first kappa shape index (κ1) is 10.4. The van der Waals surface area contributed by atoms with Crippen LogP contribution < -0.4 is 11.5 Å². The number of benzene rings is 1. The average molecular weight is 197 g/mol. The van der Waals surface area contributed by atoms with Gasteiger partial charge in [-0.3, -0.25) is 10.1 Å². The minimum Gasteiger partial charge on any atom is -0.508 e. The number of hydrogen-bond acceptors (Lipinski definition) is 5. The Bertz CT molecular complexity index is 354.